The van der Waals surface area contributed by atoms with Gasteiger partial charge in [-0.3, -0.25) is 9.20 Å². The molecule has 0 bridgehead atoms. The molecule has 0 amide bonds. The number of alkyl halides is 3. The SMILES string of the molecule is CC(C)c1nc2c(Cl)cc(C(F)(F)F)cn2c1COC(=O)Cc1ccccc1. The molecule has 0 saturated carbocycles. The lowest BCUT2D eigenvalue weighted by Gasteiger charge is -2.11. The highest BCUT2D eigenvalue weighted by atomic mass is 35.5. The standard InChI is InChI=1S/C20H18ClF3N2O2/c1-12(2)18-16(11-28-17(27)8-13-6-4-3-5-7-13)26-10-14(20(22,23)24)9-15(21)19(26)25-18/h3-7,9-10,12H,8,11H2,1-2H3. The lowest BCUT2D eigenvalue weighted by Crippen LogP contribution is -2.11. The molecule has 2 heterocycles. The predicted molar refractivity (Wildman–Crippen MR) is 99.2 cm³/mol. The summed E-state index contributed by atoms with van der Waals surface area (Å²) in [6.45, 7) is 3.52. The molecule has 0 aliphatic carbocycles. The molecule has 1 aromatic carbocycles. The molecule has 0 saturated heterocycles. The number of hydrogen-bond acceptors (Lipinski definition) is 3. The van der Waals surface area contributed by atoms with Crippen molar-refractivity contribution in [3.05, 3.63) is 70.1 Å². The zero-order valence-electron chi connectivity index (χ0n) is 15.3. The molecule has 0 unspecified atom stereocenters. The molecule has 0 fully saturated rings. The summed E-state index contributed by atoms with van der Waals surface area (Å²) in [5.41, 5.74) is 1.01. The second-order valence-corrected chi connectivity index (χ2v) is 7.10. The number of benzene rings is 1. The number of carbonyl (C=O) groups excluding carboxylic acids is 1. The molecular weight excluding hydrogens is 393 g/mol. The number of aromatic nitrogens is 2. The maximum atomic E-state index is 13.2. The third-order valence-electron chi connectivity index (χ3n) is 4.24. The van der Waals surface area contributed by atoms with E-state index in [-0.39, 0.29) is 29.6 Å². The first-order chi connectivity index (χ1) is 13.2. The first-order valence-electron chi connectivity index (χ1n) is 8.64. The van der Waals surface area contributed by atoms with Crippen LogP contribution in [0.2, 0.25) is 5.02 Å². The normalized spacial score (nSPS) is 12.0. The van der Waals surface area contributed by atoms with Gasteiger partial charge in [0.05, 0.1) is 28.4 Å². The molecule has 3 rings (SSSR count). The molecule has 2 aromatic heterocycles. The predicted octanol–water partition coefficient (Wildman–Crippen LogP) is 5.42. The van der Waals surface area contributed by atoms with Crippen LogP contribution in [0.5, 0.6) is 0 Å². The van der Waals surface area contributed by atoms with Crippen LogP contribution >= 0.6 is 11.6 Å². The minimum absolute atomic E-state index is 0.0726. The van der Waals surface area contributed by atoms with Gasteiger partial charge < -0.3 is 4.74 Å². The van der Waals surface area contributed by atoms with E-state index in [1.165, 1.54) is 4.40 Å². The fourth-order valence-corrected chi connectivity index (χ4v) is 3.14. The van der Waals surface area contributed by atoms with Gasteiger partial charge in [0.1, 0.15) is 6.61 Å². The van der Waals surface area contributed by atoms with Crippen LogP contribution < -0.4 is 0 Å². The van der Waals surface area contributed by atoms with Gasteiger partial charge in [0.25, 0.3) is 0 Å². The minimum atomic E-state index is -4.55. The molecule has 3 aromatic rings. The van der Waals surface area contributed by atoms with Crippen LogP contribution in [-0.2, 0) is 28.7 Å². The van der Waals surface area contributed by atoms with Crippen molar-refractivity contribution in [2.45, 2.75) is 39.0 Å². The van der Waals surface area contributed by atoms with Crippen LogP contribution in [0.4, 0.5) is 13.2 Å². The first-order valence-corrected chi connectivity index (χ1v) is 9.01. The van der Waals surface area contributed by atoms with Crippen molar-refractivity contribution in [2.24, 2.45) is 0 Å². The third kappa shape index (κ3) is 4.30. The summed E-state index contributed by atoms with van der Waals surface area (Å²) in [6, 6.07) is 9.90. The van der Waals surface area contributed by atoms with Crippen molar-refractivity contribution in [1.82, 2.24) is 9.38 Å². The van der Waals surface area contributed by atoms with Crippen LogP contribution in [0.1, 0.15) is 42.3 Å². The van der Waals surface area contributed by atoms with Crippen LogP contribution in [0.15, 0.2) is 42.6 Å². The fourth-order valence-electron chi connectivity index (χ4n) is 2.89. The van der Waals surface area contributed by atoms with Gasteiger partial charge in [-0.25, -0.2) is 4.98 Å². The highest BCUT2D eigenvalue weighted by Crippen LogP contribution is 2.34. The molecule has 0 spiro atoms. The van der Waals surface area contributed by atoms with Crippen molar-refractivity contribution in [3.63, 3.8) is 0 Å². The molecule has 148 valence electrons. The topological polar surface area (TPSA) is 43.6 Å². The summed E-state index contributed by atoms with van der Waals surface area (Å²) in [6.07, 6.45) is -3.55. The Hall–Kier alpha value is -2.54. The highest BCUT2D eigenvalue weighted by molar-refractivity contribution is 6.33. The number of ether oxygens (including phenoxy) is 1. The minimum Gasteiger partial charge on any atom is -0.459 e. The van der Waals surface area contributed by atoms with Crippen molar-refractivity contribution in [2.75, 3.05) is 0 Å². The zero-order valence-corrected chi connectivity index (χ0v) is 16.0. The molecule has 0 aliphatic rings. The number of pyridine rings is 1. The summed E-state index contributed by atoms with van der Waals surface area (Å²) in [5, 5.41) is -0.112. The van der Waals surface area contributed by atoms with Gasteiger partial charge in [0.2, 0.25) is 0 Å². The number of hydrogen-bond donors (Lipinski definition) is 0. The Bertz CT molecular complexity index is 998. The van der Waals surface area contributed by atoms with Crippen LogP contribution in [0.25, 0.3) is 5.65 Å². The molecule has 4 nitrogen and oxygen atoms in total. The Morgan fingerprint density at radius 2 is 1.93 bits per heavy atom. The Kier molecular flexibility index (Phi) is 5.65. The lowest BCUT2D eigenvalue weighted by atomic mass is 10.1. The summed E-state index contributed by atoms with van der Waals surface area (Å²) in [7, 11) is 0. The van der Waals surface area contributed by atoms with Crippen LogP contribution in [-0.4, -0.2) is 15.4 Å². The number of rotatable bonds is 5. The second-order valence-electron chi connectivity index (χ2n) is 6.69. The van der Waals surface area contributed by atoms with E-state index in [0.29, 0.717) is 11.4 Å². The van der Waals surface area contributed by atoms with E-state index in [4.69, 9.17) is 16.3 Å². The lowest BCUT2D eigenvalue weighted by molar-refractivity contribution is -0.144. The van der Waals surface area contributed by atoms with Crippen molar-refractivity contribution in [3.8, 4) is 0 Å². The van der Waals surface area contributed by atoms with Gasteiger partial charge in [-0.05, 0) is 17.5 Å². The first kappa shape index (κ1) is 20.2. The number of halogens is 4. The number of fused-ring (bicyclic) bond motifs is 1. The van der Waals surface area contributed by atoms with E-state index in [1.807, 2.05) is 32.0 Å². The summed E-state index contributed by atoms with van der Waals surface area (Å²) in [5.74, 6) is -0.568. The highest BCUT2D eigenvalue weighted by Gasteiger charge is 2.32. The molecule has 0 N–H and O–H groups in total. The quantitative estimate of drug-likeness (QED) is 0.528. The fraction of sp³-hybridized carbons (Fsp3) is 0.300. The average molecular weight is 411 g/mol. The zero-order chi connectivity index (χ0) is 20.5. The van der Waals surface area contributed by atoms with Gasteiger partial charge in [-0.2, -0.15) is 13.2 Å². The molecule has 8 heteroatoms. The van der Waals surface area contributed by atoms with Gasteiger partial charge in [-0.1, -0.05) is 55.8 Å². The van der Waals surface area contributed by atoms with Crippen molar-refractivity contribution >= 4 is 23.2 Å². The number of nitrogens with zero attached hydrogens (tertiary/aromatic N) is 2. The summed E-state index contributed by atoms with van der Waals surface area (Å²) < 4.78 is 46.1. The van der Waals surface area contributed by atoms with Gasteiger partial charge in [-0.15, -0.1) is 0 Å². The van der Waals surface area contributed by atoms with E-state index in [0.717, 1.165) is 17.8 Å². The Morgan fingerprint density at radius 3 is 2.54 bits per heavy atom. The molecule has 28 heavy (non-hydrogen) atoms. The van der Waals surface area contributed by atoms with Crippen LogP contribution in [0, 0.1) is 0 Å². The molecular formula is C20H18ClF3N2O2. The third-order valence-corrected chi connectivity index (χ3v) is 4.52. The largest absolute Gasteiger partial charge is 0.459 e. The maximum absolute atomic E-state index is 13.2. The van der Waals surface area contributed by atoms with Crippen molar-refractivity contribution < 1.29 is 22.7 Å². The Labute approximate surface area is 164 Å². The van der Waals surface area contributed by atoms with Gasteiger partial charge in [0, 0.05) is 6.20 Å². The van der Waals surface area contributed by atoms with E-state index >= 15 is 0 Å². The smallest absolute Gasteiger partial charge is 0.417 e. The molecule has 0 atom stereocenters. The summed E-state index contributed by atoms with van der Waals surface area (Å²) >= 11 is 6.04. The average Bonchev–Trinajstić information content (AvgIpc) is 2.99. The van der Waals surface area contributed by atoms with E-state index in [2.05, 4.69) is 4.98 Å². The Morgan fingerprint density at radius 1 is 1.25 bits per heavy atom. The van der Waals surface area contributed by atoms with Gasteiger partial charge in [0.15, 0.2) is 5.65 Å². The molecule has 0 radical (unpaired) electrons. The maximum Gasteiger partial charge on any atom is 0.417 e. The van der Waals surface area contributed by atoms with Crippen LogP contribution in [0.3, 0.4) is 0 Å². The summed E-state index contributed by atoms with van der Waals surface area (Å²) in [4.78, 5) is 16.5. The number of carbonyl (C=O) groups is 1. The Balaban J connectivity index is 1.93. The van der Waals surface area contributed by atoms with E-state index in [1.54, 1.807) is 12.1 Å². The van der Waals surface area contributed by atoms with E-state index in [9.17, 15) is 18.0 Å². The van der Waals surface area contributed by atoms with Gasteiger partial charge >= 0.3 is 12.1 Å². The second kappa shape index (κ2) is 7.83. The monoisotopic (exact) mass is 410 g/mol. The van der Waals surface area contributed by atoms with E-state index < -0.39 is 17.7 Å². The number of imidazole rings is 1. The number of esters is 1. The molecule has 0 aliphatic heterocycles. The van der Waals surface area contributed by atoms with Crippen molar-refractivity contribution in [1.29, 1.82) is 0 Å².